The molecule has 1 aromatic carbocycles. The number of nitrogens with zero attached hydrogens (tertiary/aromatic N) is 2. The van der Waals surface area contributed by atoms with Crippen LogP contribution in [-0.4, -0.2) is 33.3 Å². The molecule has 0 aliphatic heterocycles. The van der Waals surface area contributed by atoms with Gasteiger partial charge in [0.05, 0.1) is 17.8 Å². The van der Waals surface area contributed by atoms with Crippen molar-refractivity contribution in [2.24, 2.45) is 0 Å². The van der Waals surface area contributed by atoms with E-state index in [9.17, 15) is 9.59 Å². The van der Waals surface area contributed by atoms with Crippen molar-refractivity contribution in [2.45, 2.75) is 20.3 Å². The molecule has 0 aliphatic rings. The molecule has 24 heavy (non-hydrogen) atoms. The van der Waals surface area contributed by atoms with Gasteiger partial charge in [0, 0.05) is 17.3 Å². The minimum Gasteiger partial charge on any atom is -0.466 e. The molecule has 0 radical (unpaired) electrons. The fourth-order valence-electron chi connectivity index (χ4n) is 2.53. The first kappa shape index (κ1) is 15.9. The third-order valence-electron chi connectivity index (χ3n) is 3.61. The molecular formula is C18H17N3O3. The second-order valence-electron chi connectivity index (χ2n) is 5.36. The Balaban J connectivity index is 1.86. The molecule has 0 fully saturated rings. The largest absolute Gasteiger partial charge is 0.466 e. The summed E-state index contributed by atoms with van der Waals surface area (Å²) < 4.78 is 4.80. The first-order valence-electron chi connectivity index (χ1n) is 7.69. The molecule has 0 unspecified atom stereocenters. The number of pyridine rings is 1. The Morgan fingerprint density at radius 3 is 2.62 bits per heavy atom. The normalized spacial score (nSPS) is 10.8. The highest BCUT2D eigenvalue weighted by Crippen LogP contribution is 2.25. The van der Waals surface area contributed by atoms with Crippen LogP contribution in [-0.2, 0) is 9.53 Å². The summed E-state index contributed by atoms with van der Waals surface area (Å²) >= 11 is 0. The number of H-pyrrole nitrogens is 1. The van der Waals surface area contributed by atoms with E-state index in [1.54, 1.807) is 25.3 Å². The van der Waals surface area contributed by atoms with Crippen LogP contribution in [0, 0.1) is 6.92 Å². The Hall–Kier alpha value is -3.02. The molecule has 3 aromatic rings. The van der Waals surface area contributed by atoms with Gasteiger partial charge in [0.25, 0.3) is 0 Å². The van der Waals surface area contributed by atoms with Crippen LogP contribution in [0.5, 0.6) is 0 Å². The maximum Gasteiger partial charge on any atom is 0.313 e. The molecule has 0 aliphatic carbocycles. The molecule has 2 aromatic heterocycles. The average molecular weight is 323 g/mol. The second kappa shape index (κ2) is 6.62. The monoisotopic (exact) mass is 323 g/mol. The minimum atomic E-state index is -0.509. The standard InChI is InChI=1S/C18H17N3O3/c1-3-24-16(23)10-15(22)12-4-6-13(7-5-12)17-18-14(8-9-19-17)20-11(2)21-18/h4-9H,3,10H2,1-2H3,(H,20,21). The number of hydrogen-bond donors (Lipinski definition) is 1. The molecular weight excluding hydrogens is 306 g/mol. The highest BCUT2D eigenvalue weighted by Gasteiger charge is 2.14. The smallest absolute Gasteiger partial charge is 0.313 e. The Bertz CT molecular complexity index is 898. The SMILES string of the molecule is CCOC(=O)CC(=O)c1ccc(-c2nccc3[nH]c(C)nc23)cc1. The van der Waals surface area contributed by atoms with Crippen molar-refractivity contribution in [3.63, 3.8) is 0 Å². The van der Waals surface area contributed by atoms with Crippen LogP contribution in [0.1, 0.15) is 29.5 Å². The number of ketones is 1. The van der Waals surface area contributed by atoms with Gasteiger partial charge in [-0.1, -0.05) is 24.3 Å². The van der Waals surface area contributed by atoms with Gasteiger partial charge in [-0.3, -0.25) is 14.6 Å². The summed E-state index contributed by atoms with van der Waals surface area (Å²) in [7, 11) is 0. The summed E-state index contributed by atoms with van der Waals surface area (Å²) in [5, 5.41) is 0. The molecule has 0 spiro atoms. The van der Waals surface area contributed by atoms with Gasteiger partial charge in [-0.05, 0) is 19.9 Å². The number of fused-ring (bicyclic) bond motifs is 1. The van der Waals surface area contributed by atoms with Gasteiger partial charge in [-0.15, -0.1) is 0 Å². The Labute approximate surface area is 138 Å². The van der Waals surface area contributed by atoms with Gasteiger partial charge in [-0.25, -0.2) is 4.98 Å². The average Bonchev–Trinajstić information content (AvgIpc) is 2.95. The lowest BCUT2D eigenvalue weighted by molar-refractivity contribution is -0.141. The highest BCUT2D eigenvalue weighted by atomic mass is 16.5. The van der Waals surface area contributed by atoms with Gasteiger partial charge < -0.3 is 9.72 Å². The zero-order valence-electron chi connectivity index (χ0n) is 13.5. The van der Waals surface area contributed by atoms with E-state index in [2.05, 4.69) is 15.0 Å². The minimum absolute atomic E-state index is 0.250. The van der Waals surface area contributed by atoms with E-state index in [4.69, 9.17) is 4.74 Å². The molecule has 0 saturated carbocycles. The number of aromatic amines is 1. The van der Waals surface area contributed by atoms with Gasteiger partial charge >= 0.3 is 5.97 Å². The number of carbonyl (C=O) groups excluding carboxylic acids is 2. The van der Waals surface area contributed by atoms with Crippen molar-refractivity contribution in [2.75, 3.05) is 6.61 Å². The number of aromatic nitrogens is 3. The first-order chi connectivity index (χ1) is 11.6. The molecule has 6 heteroatoms. The predicted molar refractivity (Wildman–Crippen MR) is 89.6 cm³/mol. The van der Waals surface area contributed by atoms with Gasteiger partial charge in [0.15, 0.2) is 5.78 Å². The Morgan fingerprint density at radius 2 is 1.92 bits per heavy atom. The van der Waals surface area contributed by atoms with Crippen molar-refractivity contribution in [1.29, 1.82) is 0 Å². The van der Waals surface area contributed by atoms with E-state index >= 15 is 0 Å². The van der Waals surface area contributed by atoms with Crippen molar-refractivity contribution in [3.05, 3.63) is 47.9 Å². The van der Waals surface area contributed by atoms with Gasteiger partial charge in [0.1, 0.15) is 17.8 Å². The van der Waals surface area contributed by atoms with Gasteiger partial charge in [-0.2, -0.15) is 0 Å². The van der Waals surface area contributed by atoms with E-state index in [0.29, 0.717) is 5.56 Å². The molecule has 0 amide bonds. The van der Waals surface area contributed by atoms with Crippen LogP contribution >= 0.6 is 0 Å². The second-order valence-corrected chi connectivity index (χ2v) is 5.36. The number of benzene rings is 1. The molecule has 2 heterocycles. The number of nitrogens with one attached hydrogen (secondary N) is 1. The van der Waals surface area contributed by atoms with E-state index < -0.39 is 5.97 Å². The summed E-state index contributed by atoms with van der Waals surface area (Å²) in [5.41, 5.74) is 3.79. The number of carbonyl (C=O) groups is 2. The summed E-state index contributed by atoms with van der Waals surface area (Å²) in [4.78, 5) is 35.5. The Kier molecular flexibility index (Phi) is 4.37. The quantitative estimate of drug-likeness (QED) is 0.443. The topological polar surface area (TPSA) is 84.9 Å². The zero-order valence-corrected chi connectivity index (χ0v) is 13.5. The van der Waals surface area contributed by atoms with Crippen molar-refractivity contribution >= 4 is 22.8 Å². The molecule has 1 N–H and O–H groups in total. The van der Waals surface area contributed by atoms with E-state index in [0.717, 1.165) is 28.1 Å². The third-order valence-corrected chi connectivity index (χ3v) is 3.61. The van der Waals surface area contributed by atoms with Crippen LogP contribution in [0.4, 0.5) is 0 Å². The number of hydrogen-bond acceptors (Lipinski definition) is 5. The maximum atomic E-state index is 12.1. The predicted octanol–water partition coefficient (Wildman–Crippen LogP) is 3.07. The lowest BCUT2D eigenvalue weighted by Crippen LogP contribution is -2.11. The first-order valence-corrected chi connectivity index (χ1v) is 7.69. The highest BCUT2D eigenvalue weighted by molar-refractivity contribution is 6.06. The van der Waals surface area contributed by atoms with Crippen molar-refractivity contribution < 1.29 is 14.3 Å². The summed E-state index contributed by atoms with van der Waals surface area (Å²) in [6.07, 6.45) is 1.47. The summed E-state index contributed by atoms with van der Waals surface area (Å²) in [5.74, 6) is 0.0484. The number of Topliss-reactive ketones (excluding diaryl/α,β-unsaturated/α-hetero) is 1. The Morgan fingerprint density at radius 1 is 1.17 bits per heavy atom. The van der Waals surface area contributed by atoms with Crippen LogP contribution < -0.4 is 0 Å². The number of esters is 1. The third kappa shape index (κ3) is 3.17. The number of ether oxygens (including phenoxy) is 1. The lowest BCUT2D eigenvalue weighted by Gasteiger charge is -2.04. The molecule has 0 saturated heterocycles. The molecule has 3 rings (SSSR count). The number of imidazole rings is 1. The fourth-order valence-corrected chi connectivity index (χ4v) is 2.53. The van der Waals surface area contributed by atoms with Crippen LogP contribution in [0.3, 0.4) is 0 Å². The van der Waals surface area contributed by atoms with Crippen LogP contribution in [0.2, 0.25) is 0 Å². The maximum absolute atomic E-state index is 12.1. The van der Waals surface area contributed by atoms with Crippen molar-refractivity contribution in [3.8, 4) is 11.3 Å². The fraction of sp³-hybridized carbons (Fsp3) is 0.222. The van der Waals surface area contributed by atoms with E-state index in [-0.39, 0.29) is 18.8 Å². The number of aryl methyl sites for hydroxylation is 1. The van der Waals surface area contributed by atoms with E-state index in [1.807, 2.05) is 25.1 Å². The van der Waals surface area contributed by atoms with Gasteiger partial charge in [0.2, 0.25) is 0 Å². The molecule has 0 bridgehead atoms. The zero-order chi connectivity index (χ0) is 17.1. The van der Waals surface area contributed by atoms with Crippen molar-refractivity contribution in [1.82, 2.24) is 15.0 Å². The summed E-state index contributed by atoms with van der Waals surface area (Å²) in [6, 6.07) is 8.87. The summed E-state index contributed by atoms with van der Waals surface area (Å²) in [6.45, 7) is 3.87. The molecule has 6 nitrogen and oxygen atoms in total. The molecule has 0 atom stereocenters. The van der Waals surface area contributed by atoms with Crippen LogP contribution in [0.25, 0.3) is 22.3 Å². The number of rotatable bonds is 5. The lowest BCUT2D eigenvalue weighted by atomic mass is 10.0. The van der Waals surface area contributed by atoms with Crippen LogP contribution in [0.15, 0.2) is 36.5 Å². The molecule has 122 valence electrons. The van der Waals surface area contributed by atoms with E-state index in [1.165, 1.54) is 0 Å².